The van der Waals surface area contributed by atoms with Gasteiger partial charge in [0, 0.05) is 18.3 Å². The monoisotopic (exact) mass is 511 g/mol. The van der Waals surface area contributed by atoms with Gasteiger partial charge in [0.2, 0.25) is 6.41 Å². The van der Waals surface area contributed by atoms with Gasteiger partial charge >= 0.3 is 0 Å². The average Bonchev–Trinajstić information content (AvgIpc) is 2.90. The molecule has 3 unspecified atom stereocenters. The normalized spacial score (nSPS) is 26.4. The first-order valence-corrected chi connectivity index (χ1v) is 13.5. The maximum Gasteiger partial charge on any atom is 0.212 e. The van der Waals surface area contributed by atoms with Crippen LogP contribution in [0.3, 0.4) is 0 Å². The molecule has 0 bridgehead atoms. The number of hydrogen-bond acceptors (Lipinski definition) is 6. The summed E-state index contributed by atoms with van der Waals surface area (Å²) in [5.74, 6) is -0.436. The molecule has 3 atom stereocenters. The van der Waals surface area contributed by atoms with Crippen molar-refractivity contribution in [2.45, 2.75) is 102 Å². The number of hydrogen-bond donors (Lipinski definition) is 2. The maximum atomic E-state index is 16.0. The zero-order chi connectivity index (χ0) is 26.6. The second kappa shape index (κ2) is 11.8. The Balaban J connectivity index is 1.64. The van der Waals surface area contributed by atoms with Crippen LogP contribution in [0.15, 0.2) is 28.8 Å². The van der Waals surface area contributed by atoms with E-state index in [0.29, 0.717) is 48.8 Å². The first-order chi connectivity index (χ1) is 17.8. The van der Waals surface area contributed by atoms with Gasteiger partial charge in [0.15, 0.2) is 6.23 Å². The van der Waals surface area contributed by atoms with E-state index < -0.39 is 23.8 Å². The molecule has 1 aromatic carbocycles. The zero-order valence-corrected chi connectivity index (χ0v) is 21.8. The number of aliphatic hydroxyl groups excluding tert-OH is 1. The van der Waals surface area contributed by atoms with Gasteiger partial charge in [0.05, 0.1) is 29.4 Å². The maximum absolute atomic E-state index is 16.0. The summed E-state index contributed by atoms with van der Waals surface area (Å²) in [4.78, 5) is 18.1. The van der Waals surface area contributed by atoms with E-state index in [0.717, 1.165) is 32.1 Å². The SMILES string of the molecule is CCC(O)(c1cc(C)c(C(OC2CC(O)C2)N(C=O)CC2CC=C(C#N)C=N2)c(F)c1)C1CCCCC1. The Morgan fingerprint density at radius 3 is 2.59 bits per heavy atom. The second-order valence-corrected chi connectivity index (χ2v) is 10.8. The van der Waals surface area contributed by atoms with E-state index in [4.69, 9.17) is 10.00 Å². The van der Waals surface area contributed by atoms with Crippen molar-refractivity contribution in [2.24, 2.45) is 10.9 Å². The lowest BCUT2D eigenvalue weighted by Crippen LogP contribution is -2.43. The van der Waals surface area contributed by atoms with Crippen molar-refractivity contribution in [3.63, 3.8) is 0 Å². The van der Waals surface area contributed by atoms with Crippen molar-refractivity contribution in [3.8, 4) is 6.07 Å². The van der Waals surface area contributed by atoms with Crippen molar-refractivity contribution in [2.75, 3.05) is 6.54 Å². The van der Waals surface area contributed by atoms with Crippen LogP contribution in [0.25, 0.3) is 0 Å². The first-order valence-electron chi connectivity index (χ1n) is 13.5. The number of dihydropyridines is 1. The Kier molecular flexibility index (Phi) is 8.79. The van der Waals surface area contributed by atoms with Gasteiger partial charge in [-0.3, -0.25) is 9.79 Å². The summed E-state index contributed by atoms with van der Waals surface area (Å²) in [6.45, 7) is 3.92. The van der Waals surface area contributed by atoms with Gasteiger partial charge in [-0.15, -0.1) is 0 Å². The standard InChI is InChI=1S/C29H38FN3O4/c1-3-29(36,21-7-5-4-6-8-21)22-11-19(2)27(26(30)12-22)28(37-25-13-24(35)14-25)33(18-34)17-23-10-9-20(15-31)16-32-23/h9,11-12,16,18,21,23-25,28,35-36H,3-8,10,13-14,17H2,1-2H3. The molecule has 3 aliphatic rings. The molecule has 1 amide bonds. The molecule has 0 saturated heterocycles. The molecule has 2 N–H and O–H groups in total. The van der Waals surface area contributed by atoms with Crippen LogP contribution in [-0.4, -0.2) is 52.5 Å². The van der Waals surface area contributed by atoms with Crippen molar-refractivity contribution < 1.29 is 24.1 Å². The predicted octanol–water partition coefficient (Wildman–Crippen LogP) is 4.60. The van der Waals surface area contributed by atoms with E-state index in [1.807, 2.05) is 13.0 Å². The minimum atomic E-state index is -1.11. The van der Waals surface area contributed by atoms with Crippen LogP contribution in [0.2, 0.25) is 0 Å². The fourth-order valence-electron chi connectivity index (χ4n) is 5.97. The highest BCUT2D eigenvalue weighted by Crippen LogP contribution is 2.43. The van der Waals surface area contributed by atoms with Gasteiger partial charge in [0.1, 0.15) is 11.9 Å². The van der Waals surface area contributed by atoms with Crippen LogP contribution in [0.4, 0.5) is 4.39 Å². The van der Waals surface area contributed by atoms with Crippen LogP contribution < -0.4 is 0 Å². The molecule has 1 aliphatic heterocycles. The summed E-state index contributed by atoms with van der Waals surface area (Å²) in [5.41, 5.74) is 0.803. The Labute approximate surface area is 218 Å². The molecule has 37 heavy (non-hydrogen) atoms. The molecule has 0 radical (unpaired) electrons. The second-order valence-electron chi connectivity index (χ2n) is 10.8. The quantitative estimate of drug-likeness (QED) is 0.353. The van der Waals surface area contributed by atoms with E-state index >= 15 is 4.39 Å². The number of allylic oxidation sites excluding steroid dienone is 1. The molecule has 8 heteroatoms. The van der Waals surface area contributed by atoms with Crippen LogP contribution >= 0.6 is 0 Å². The lowest BCUT2D eigenvalue weighted by atomic mass is 9.71. The minimum absolute atomic E-state index is 0.0846. The summed E-state index contributed by atoms with van der Waals surface area (Å²) in [6.07, 6.45) is 9.14. The van der Waals surface area contributed by atoms with Crippen LogP contribution in [-0.2, 0) is 15.1 Å². The van der Waals surface area contributed by atoms with E-state index in [2.05, 4.69) is 11.1 Å². The Morgan fingerprint density at radius 1 is 1.32 bits per heavy atom. The van der Waals surface area contributed by atoms with Gasteiger partial charge < -0.3 is 19.8 Å². The molecule has 2 fully saturated rings. The number of aliphatic imine (C=N–C) groups is 1. The van der Waals surface area contributed by atoms with E-state index in [1.54, 1.807) is 13.0 Å². The van der Waals surface area contributed by atoms with Gasteiger partial charge in [-0.05, 0) is 68.6 Å². The average molecular weight is 512 g/mol. The van der Waals surface area contributed by atoms with Crippen LogP contribution in [0.5, 0.6) is 0 Å². The first kappa shape index (κ1) is 27.4. The van der Waals surface area contributed by atoms with Gasteiger partial charge in [-0.1, -0.05) is 38.3 Å². The molecular formula is C29H38FN3O4. The molecule has 0 spiro atoms. The highest BCUT2D eigenvalue weighted by atomic mass is 19.1. The minimum Gasteiger partial charge on any atom is -0.393 e. The Bertz CT molecular complexity index is 1050. The van der Waals surface area contributed by atoms with Crippen LogP contribution in [0, 0.1) is 30.0 Å². The molecule has 0 aromatic heterocycles. The molecule has 2 aliphatic carbocycles. The summed E-state index contributed by atoms with van der Waals surface area (Å²) in [6, 6.07) is 5.03. The van der Waals surface area contributed by atoms with E-state index in [9.17, 15) is 15.0 Å². The summed E-state index contributed by atoms with van der Waals surface area (Å²) >= 11 is 0. The number of carbonyl (C=O) groups is 1. The zero-order valence-electron chi connectivity index (χ0n) is 21.8. The molecule has 2 saturated carbocycles. The third-order valence-corrected chi connectivity index (χ3v) is 8.32. The number of rotatable bonds is 10. The fourth-order valence-corrected chi connectivity index (χ4v) is 5.97. The van der Waals surface area contributed by atoms with Crippen molar-refractivity contribution in [1.29, 1.82) is 5.26 Å². The highest BCUT2D eigenvalue weighted by molar-refractivity contribution is 5.84. The van der Waals surface area contributed by atoms with Gasteiger partial charge in [0.25, 0.3) is 0 Å². The van der Waals surface area contributed by atoms with Crippen LogP contribution in [0.1, 0.15) is 87.6 Å². The van der Waals surface area contributed by atoms with Crippen molar-refractivity contribution in [1.82, 2.24) is 4.90 Å². The number of halogens is 1. The summed E-state index contributed by atoms with van der Waals surface area (Å²) in [5, 5.41) is 30.5. The van der Waals surface area contributed by atoms with Gasteiger partial charge in [-0.25, -0.2) is 4.39 Å². The smallest absolute Gasteiger partial charge is 0.212 e. The third-order valence-electron chi connectivity index (χ3n) is 8.32. The summed E-state index contributed by atoms with van der Waals surface area (Å²) in [7, 11) is 0. The number of nitrogens with zero attached hydrogens (tertiary/aromatic N) is 3. The number of nitriles is 1. The topological polar surface area (TPSA) is 106 Å². The number of aryl methyl sites for hydroxylation is 1. The highest BCUT2D eigenvalue weighted by Gasteiger charge is 2.40. The fraction of sp³-hybridized carbons (Fsp3) is 0.621. The molecule has 200 valence electrons. The number of carbonyl (C=O) groups excluding carboxylic acids is 1. The lowest BCUT2D eigenvalue weighted by molar-refractivity contribution is -0.164. The van der Waals surface area contributed by atoms with E-state index in [1.165, 1.54) is 17.2 Å². The molecule has 1 heterocycles. The van der Waals surface area contributed by atoms with E-state index in [-0.39, 0.29) is 30.2 Å². The van der Waals surface area contributed by atoms with Crippen molar-refractivity contribution in [3.05, 3.63) is 46.3 Å². The molecule has 7 nitrogen and oxygen atoms in total. The molecule has 4 rings (SSSR count). The number of ether oxygens (including phenoxy) is 1. The predicted molar refractivity (Wildman–Crippen MR) is 138 cm³/mol. The number of amides is 1. The molecule has 1 aromatic rings. The lowest BCUT2D eigenvalue weighted by Gasteiger charge is -2.40. The Morgan fingerprint density at radius 2 is 2.05 bits per heavy atom. The summed E-state index contributed by atoms with van der Waals surface area (Å²) < 4.78 is 22.2. The van der Waals surface area contributed by atoms with Crippen molar-refractivity contribution >= 4 is 12.6 Å². The number of aliphatic hydroxyl groups is 2. The molecular weight excluding hydrogens is 473 g/mol. The third kappa shape index (κ3) is 5.95. The largest absolute Gasteiger partial charge is 0.393 e. The van der Waals surface area contributed by atoms with Gasteiger partial charge in [-0.2, -0.15) is 5.26 Å². The number of benzene rings is 1. The Hall–Kier alpha value is -2.60.